The summed E-state index contributed by atoms with van der Waals surface area (Å²) in [4.78, 5) is 31.2. The van der Waals surface area contributed by atoms with Crippen molar-refractivity contribution in [1.82, 2.24) is 19.9 Å². The van der Waals surface area contributed by atoms with Gasteiger partial charge in [-0.05, 0) is 48.9 Å². The molecule has 2 aliphatic rings. The molecule has 5 rings (SSSR count). The quantitative estimate of drug-likeness (QED) is 0.672. The van der Waals surface area contributed by atoms with Crippen LogP contribution >= 0.6 is 0 Å². The van der Waals surface area contributed by atoms with Crippen molar-refractivity contribution in [3.8, 4) is 11.3 Å². The predicted molar refractivity (Wildman–Crippen MR) is 116 cm³/mol. The van der Waals surface area contributed by atoms with Gasteiger partial charge in [-0.25, -0.2) is 9.97 Å². The summed E-state index contributed by atoms with van der Waals surface area (Å²) in [5, 5.41) is 0. The second kappa shape index (κ2) is 8.22. The summed E-state index contributed by atoms with van der Waals surface area (Å²) in [6, 6.07) is 12.2. The standard InChI is InChI=1S/C24H25N5O/c30-23(29-15-10-18-6-2-3-7-20(18)17-29)21-16-26-24(28-13-4-1-5-14-28)27-22(21)19-8-11-25-12-9-19/h2-3,6-9,11-12,16H,1,4-5,10,13-15,17H2. The second-order valence-corrected chi connectivity index (χ2v) is 7.96. The van der Waals surface area contributed by atoms with E-state index in [-0.39, 0.29) is 5.91 Å². The van der Waals surface area contributed by atoms with Crippen LogP contribution in [0.1, 0.15) is 40.7 Å². The third-order valence-corrected chi connectivity index (χ3v) is 6.02. The number of carbonyl (C=O) groups is 1. The van der Waals surface area contributed by atoms with Crippen LogP contribution in [-0.4, -0.2) is 45.4 Å². The van der Waals surface area contributed by atoms with Crippen LogP contribution in [0.25, 0.3) is 11.3 Å². The molecule has 1 amide bonds. The number of piperidine rings is 1. The highest BCUT2D eigenvalue weighted by Crippen LogP contribution is 2.27. The largest absolute Gasteiger partial charge is 0.341 e. The third-order valence-electron chi connectivity index (χ3n) is 6.02. The highest BCUT2D eigenvalue weighted by Gasteiger charge is 2.26. The Morgan fingerprint density at radius 1 is 0.900 bits per heavy atom. The molecule has 0 atom stereocenters. The molecular weight excluding hydrogens is 374 g/mol. The molecule has 30 heavy (non-hydrogen) atoms. The molecule has 152 valence electrons. The highest BCUT2D eigenvalue weighted by atomic mass is 16.2. The van der Waals surface area contributed by atoms with Crippen LogP contribution in [0.4, 0.5) is 5.95 Å². The monoisotopic (exact) mass is 399 g/mol. The first-order valence-corrected chi connectivity index (χ1v) is 10.7. The number of hydrogen-bond donors (Lipinski definition) is 0. The number of rotatable bonds is 3. The number of pyridine rings is 1. The lowest BCUT2D eigenvalue weighted by molar-refractivity contribution is 0.0734. The fraction of sp³-hybridized carbons (Fsp3) is 0.333. The molecule has 2 aliphatic heterocycles. The molecule has 6 heteroatoms. The second-order valence-electron chi connectivity index (χ2n) is 7.96. The lowest BCUT2D eigenvalue weighted by atomic mass is 9.99. The molecule has 0 bridgehead atoms. The van der Waals surface area contributed by atoms with Gasteiger partial charge < -0.3 is 9.80 Å². The van der Waals surface area contributed by atoms with Crippen molar-refractivity contribution in [1.29, 1.82) is 0 Å². The summed E-state index contributed by atoms with van der Waals surface area (Å²) in [5.41, 5.74) is 4.69. The van der Waals surface area contributed by atoms with E-state index in [1.807, 2.05) is 23.1 Å². The SMILES string of the molecule is O=C(c1cnc(N2CCCCC2)nc1-c1ccncc1)N1CCc2ccccc2C1. The molecular formula is C24H25N5O. The van der Waals surface area contributed by atoms with E-state index in [2.05, 4.69) is 33.1 Å². The first kappa shape index (κ1) is 18.7. The maximum atomic E-state index is 13.5. The molecule has 4 heterocycles. The minimum Gasteiger partial charge on any atom is -0.341 e. The number of aromatic nitrogens is 3. The van der Waals surface area contributed by atoms with E-state index in [0.717, 1.165) is 37.9 Å². The lowest BCUT2D eigenvalue weighted by Crippen LogP contribution is -2.36. The van der Waals surface area contributed by atoms with E-state index in [4.69, 9.17) is 4.98 Å². The van der Waals surface area contributed by atoms with E-state index in [0.29, 0.717) is 30.3 Å². The van der Waals surface area contributed by atoms with Crippen molar-refractivity contribution in [2.24, 2.45) is 0 Å². The Bertz CT molecular complexity index is 1050. The Balaban J connectivity index is 1.50. The first-order chi connectivity index (χ1) is 14.8. The van der Waals surface area contributed by atoms with Crippen molar-refractivity contribution in [3.63, 3.8) is 0 Å². The average Bonchev–Trinajstić information content (AvgIpc) is 2.84. The van der Waals surface area contributed by atoms with Crippen molar-refractivity contribution in [3.05, 3.63) is 71.7 Å². The molecule has 1 fully saturated rings. The summed E-state index contributed by atoms with van der Waals surface area (Å²) >= 11 is 0. The Morgan fingerprint density at radius 2 is 1.67 bits per heavy atom. The molecule has 0 spiro atoms. The molecule has 0 saturated carbocycles. The number of fused-ring (bicyclic) bond motifs is 1. The van der Waals surface area contributed by atoms with E-state index in [9.17, 15) is 4.79 Å². The van der Waals surface area contributed by atoms with Gasteiger partial charge in [0.05, 0.1) is 11.3 Å². The van der Waals surface area contributed by atoms with Gasteiger partial charge in [-0.3, -0.25) is 9.78 Å². The molecule has 0 N–H and O–H groups in total. The van der Waals surface area contributed by atoms with Gasteiger partial charge in [-0.2, -0.15) is 0 Å². The lowest BCUT2D eigenvalue weighted by Gasteiger charge is -2.30. The minimum atomic E-state index is -0.0125. The van der Waals surface area contributed by atoms with Crippen LogP contribution in [-0.2, 0) is 13.0 Å². The fourth-order valence-corrected chi connectivity index (χ4v) is 4.34. The smallest absolute Gasteiger partial charge is 0.257 e. The van der Waals surface area contributed by atoms with Gasteiger partial charge in [0.1, 0.15) is 0 Å². The minimum absolute atomic E-state index is 0.0125. The Kier molecular flexibility index (Phi) is 5.13. The number of amides is 1. The highest BCUT2D eigenvalue weighted by molar-refractivity contribution is 6.00. The Labute approximate surface area is 176 Å². The maximum Gasteiger partial charge on any atom is 0.257 e. The fourth-order valence-electron chi connectivity index (χ4n) is 4.34. The van der Waals surface area contributed by atoms with Crippen molar-refractivity contribution in [2.45, 2.75) is 32.2 Å². The van der Waals surface area contributed by atoms with Gasteiger partial charge in [0.15, 0.2) is 0 Å². The van der Waals surface area contributed by atoms with Crippen molar-refractivity contribution in [2.75, 3.05) is 24.5 Å². The van der Waals surface area contributed by atoms with E-state index in [1.54, 1.807) is 18.6 Å². The van der Waals surface area contributed by atoms with Gasteiger partial charge in [-0.1, -0.05) is 24.3 Å². The molecule has 1 aromatic carbocycles. The number of hydrogen-bond acceptors (Lipinski definition) is 5. The van der Waals surface area contributed by atoms with Crippen LogP contribution in [0, 0.1) is 0 Å². The first-order valence-electron chi connectivity index (χ1n) is 10.7. The molecule has 1 saturated heterocycles. The van der Waals surface area contributed by atoms with Gasteiger partial charge in [0, 0.05) is 50.3 Å². The normalized spacial score (nSPS) is 16.3. The number of anilines is 1. The maximum absolute atomic E-state index is 13.5. The zero-order chi connectivity index (χ0) is 20.3. The average molecular weight is 399 g/mol. The Morgan fingerprint density at radius 3 is 2.47 bits per heavy atom. The topological polar surface area (TPSA) is 62.2 Å². The van der Waals surface area contributed by atoms with Gasteiger partial charge in [0.25, 0.3) is 5.91 Å². The summed E-state index contributed by atoms with van der Waals surface area (Å²) in [6.45, 7) is 3.26. The predicted octanol–water partition coefficient (Wildman–Crippen LogP) is 3.73. The summed E-state index contributed by atoms with van der Waals surface area (Å²) < 4.78 is 0. The van der Waals surface area contributed by atoms with Crippen molar-refractivity contribution >= 4 is 11.9 Å². The zero-order valence-electron chi connectivity index (χ0n) is 17.0. The van der Waals surface area contributed by atoms with Gasteiger partial charge in [-0.15, -0.1) is 0 Å². The summed E-state index contributed by atoms with van der Waals surface area (Å²) in [5.74, 6) is 0.698. The van der Waals surface area contributed by atoms with E-state index in [1.165, 1.54) is 17.5 Å². The van der Waals surface area contributed by atoms with Gasteiger partial charge >= 0.3 is 0 Å². The number of nitrogens with zero attached hydrogens (tertiary/aromatic N) is 5. The summed E-state index contributed by atoms with van der Waals surface area (Å²) in [6.07, 6.45) is 9.63. The van der Waals surface area contributed by atoms with Crippen molar-refractivity contribution < 1.29 is 4.79 Å². The van der Waals surface area contributed by atoms with Crippen LogP contribution in [0.3, 0.4) is 0 Å². The third kappa shape index (κ3) is 3.65. The molecule has 2 aromatic heterocycles. The van der Waals surface area contributed by atoms with Crippen LogP contribution in [0.5, 0.6) is 0 Å². The molecule has 3 aromatic rings. The van der Waals surface area contributed by atoms with Crippen LogP contribution < -0.4 is 4.90 Å². The van der Waals surface area contributed by atoms with E-state index < -0.39 is 0 Å². The van der Waals surface area contributed by atoms with Crippen LogP contribution in [0.2, 0.25) is 0 Å². The Hall–Kier alpha value is -3.28. The molecule has 0 unspecified atom stereocenters. The number of benzene rings is 1. The van der Waals surface area contributed by atoms with Crippen LogP contribution in [0.15, 0.2) is 55.0 Å². The van der Waals surface area contributed by atoms with Gasteiger partial charge in [0.2, 0.25) is 5.95 Å². The number of carbonyl (C=O) groups excluding carboxylic acids is 1. The molecule has 6 nitrogen and oxygen atoms in total. The molecule has 0 aliphatic carbocycles. The molecule has 0 radical (unpaired) electrons. The summed E-state index contributed by atoms with van der Waals surface area (Å²) in [7, 11) is 0. The van der Waals surface area contributed by atoms with E-state index >= 15 is 0 Å². The zero-order valence-corrected chi connectivity index (χ0v) is 17.0.